The highest BCUT2D eigenvalue weighted by Gasteiger charge is 2.53. The molecular formula is C30H49NO6P2. The summed E-state index contributed by atoms with van der Waals surface area (Å²) >= 11 is 0. The molecule has 0 amide bonds. The molecule has 7 nitrogen and oxygen atoms in total. The zero-order valence-electron chi connectivity index (χ0n) is 25.6. The van der Waals surface area contributed by atoms with Gasteiger partial charge in [-0.3, -0.25) is 14.1 Å². The van der Waals surface area contributed by atoms with Crippen molar-refractivity contribution < 1.29 is 27.2 Å². The number of nitrogens with zero attached hydrogens (tertiary/aromatic N) is 1. The Kier molecular flexibility index (Phi) is 12.2. The molecule has 1 heterocycles. The number of hydrogen-bond donors (Lipinski definition) is 0. The molecule has 1 aromatic carbocycles. The van der Waals surface area contributed by atoms with Crippen molar-refractivity contribution in [3.05, 3.63) is 65.0 Å². The summed E-state index contributed by atoms with van der Waals surface area (Å²) in [5.74, 6) is 0. The quantitative estimate of drug-likeness (QED) is 0.206. The first-order valence-corrected chi connectivity index (χ1v) is 17.1. The van der Waals surface area contributed by atoms with Gasteiger partial charge in [0.25, 0.3) is 0 Å². The highest BCUT2D eigenvalue weighted by molar-refractivity contribution is 7.72. The van der Waals surface area contributed by atoms with E-state index in [0.717, 1.165) is 22.5 Å². The average Bonchev–Trinajstić information content (AvgIpc) is 2.75. The summed E-state index contributed by atoms with van der Waals surface area (Å²) in [4.78, 5) is 4.96. The van der Waals surface area contributed by atoms with E-state index in [1.165, 1.54) is 0 Å². The Morgan fingerprint density at radius 2 is 1.13 bits per heavy atom. The maximum absolute atomic E-state index is 14.6. The molecule has 0 saturated carbocycles. The molecule has 39 heavy (non-hydrogen) atoms. The normalized spacial score (nSPS) is 13.4. The molecule has 0 N–H and O–H groups in total. The zero-order chi connectivity index (χ0) is 29.6. The Hall–Kier alpha value is -1.33. The zero-order valence-corrected chi connectivity index (χ0v) is 27.4. The van der Waals surface area contributed by atoms with Crippen molar-refractivity contribution in [2.45, 2.75) is 124 Å². The lowest BCUT2D eigenvalue weighted by Crippen LogP contribution is -2.25. The molecule has 9 heteroatoms. The SMILES string of the molecule is CC(C)OP(=O)(OC(C)C)C(Cc1cc(Cc2ccccc2)nc(C(C)(C)C)c1)P(=O)(OC(C)C)OC(C)C. The maximum Gasteiger partial charge on any atom is 0.346 e. The molecule has 0 atom stereocenters. The summed E-state index contributed by atoms with van der Waals surface area (Å²) in [6.07, 6.45) is -0.978. The van der Waals surface area contributed by atoms with Gasteiger partial charge in [0, 0.05) is 23.2 Å². The topological polar surface area (TPSA) is 84.0 Å². The maximum atomic E-state index is 14.6. The fourth-order valence-electron chi connectivity index (χ4n) is 4.16. The summed E-state index contributed by atoms with van der Waals surface area (Å²) in [5.41, 5.74) is 3.48. The van der Waals surface area contributed by atoms with Gasteiger partial charge < -0.3 is 18.1 Å². The molecule has 0 unspecified atom stereocenters. The van der Waals surface area contributed by atoms with Crippen LogP contribution in [0.5, 0.6) is 0 Å². The summed E-state index contributed by atoms with van der Waals surface area (Å²) in [5, 5.41) is -1.17. The molecule has 0 bridgehead atoms. The van der Waals surface area contributed by atoms with Crippen LogP contribution >= 0.6 is 15.2 Å². The molecule has 2 rings (SSSR count). The summed E-state index contributed by atoms with van der Waals surface area (Å²) in [7, 11) is -8.02. The van der Waals surface area contributed by atoms with E-state index in [2.05, 4.69) is 32.9 Å². The predicted molar refractivity (Wildman–Crippen MR) is 160 cm³/mol. The Morgan fingerprint density at radius 3 is 1.51 bits per heavy atom. The second-order valence-electron chi connectivity index (χ2n) is 12.1. The number of benzene rings is 1. The fourth-order valence-corrected chi connectivity index (χ4v) is 10.1. The van der Waals surface area contributed by atoms with Gasteiger partial charge in [0.1, 0.15) is 0 Å². The molecule has 220 valence electrons. The average molecular weight is 582 g/mol. The largest absolute Gasteiger partial charge is 0.346 e. The number of aromatic nitrogens is 1. The monoisotopic (exact) mass is 581 g/mol. The Bertz CT molecular complexity index is 1080. The third-order valence-electron chi connectivity index (χ3n) is 5.51. The van der Waals surface area contributed by atoms with Crippen LogP contribution in [0.1, 0.15) is 98.7 Å². The summed E-state index contributed by atoms with van der Waals surface area (Å²) in [6, 6.07) is 14.1. The molecular weight excluding hydrogens is 532 g/mol. The third-order valence-corrected chi connectivity index (χ3v) is 11.9. The van der Waals surface area contributed by atoms with Crippen LogP contribution in [-0.4, -0.2) is 34.8 Å². The molecule has 0 fully saturated rings. The van der Waals surface area contributed by atoms with Crippen molar-refractivity contribution in [2.75, 3.05) is 0 Å². The van der Waals surface area contributed by atoms with Gasteiger partial charge in [0.05, 0.1) is 24.4 Å². The van der Waals surface area contributed by atoms with Crippen LogP contribution in [0.4, 0.5) is 0 Å². The Morgan fingerprint density at radius 1 is 0.692 bits per heavy atom. The van der Waals surface area contributed by atoms with Gasteiger partial charge >= 0.3 is 15.2 Å². The van der Waals surface area contributed by atoms with Gasteiger partial charge in [-0.1, -0.05) is 51.1 Å². The summed E-state index contributed by atoms with van der Waals surface area (Å²) in [6.45, 7) is 20.6. The van der Waals surface area contributed by atoms with Crippen LogP contribution < -0.4 is 0 Å². The predicted octanol–water partition coefficient (Wildman–Crippen LogP) is 8.92. The van der Waals surface area contributed by atoms with Gasteiger partial charge in [-0.25, -0.2) is 0 Å². The first kappa shape index (κ1) is 33.9. The number of pyridine rings is 1. The van der Waals surface area contributed by atoms with Crippen LogP contribution in [-0.2, 0) is 45.5 Å². The third kappa shape index (κ3) is 10.5. The lowest BCUT2D eigenvalue weighted by atomic mass is 9.90. The van der Waals surface area contributed by atoms with Gasteiger partial charge in [-0.15, -0.1) is 0 Å². The van der Waals surface area contributed by atoms with Crippen LogP contribution in [0, 0.1) is 0 Å². The molecule has 0 aliphatic heterocycles. The van der Waals surface area contributed by atoms with Crippen LogP contribution in [0.25, 0.3) is 0 Å². The minimum Gasteiger partial charge on any atom is -0.305 e. The van der Waals surface area contributed by atoms with E-state index in [1.54, 1.807) is 55.4 Å². The minimum absolute atomic E-state index is 0.112. The lowest BCUT2D eigenvalue weighted by Gasteiger charge is -2.35. The second-order valence-corrected chi connectivity index (χ2v) is 16.8. The Labute approximate surface area is 236 Å². The minimum atomic E-state index is -4.01. The highest BCUT2D eigenvalue weighted by Crippen LogP contribution is 2.72. The van der Waals surface area contributed by atoms with Gasteiger partial charge in [-0.05, 0) is 85.1 Å². The molecule has 2 aromatic rings. The standard InChI is InChI=1S/C30H49NO6P2/c1-21(2)34-38(32,35-22(3)4)29(39(33,36-23(5)6)37-24(7)8)20-26-18-27(17-25-15-13-12-14-16-25)31-28(19-26)30(9,10)11/h12-16,18-19,21-24,29H,17,20H2,1-11H3. The summed E-state index contributed by atoms with van der Waals surface area (Å²) < 4.78 is 53.2. The molecule has 0 aliphatic rings. The van der Waals surface area contributed by atoms with Crippen LogP contribution in [0.2, 0.25) is 0 Å². The van der Waals surface area contributed by atoms with E-state index in [-0.39, 0.29) is 11.8 Å². The number of rotatable bonds is 14. The van der Waals surface area contributed by atoms with Gasteiger partial charge in [-0.2, -0.15) is 0 Å². The van der Waals surface area contributed by atoms with Crippen molar-refractivity contribution in [3.8, 4) is 0 Å². The first-order valence-electron chi connectivity index (χ1n) is 13.9. The molecule has 1 aromatic heterocycles. The van der Waals surface area contributed by atoms with Crippen LogP contribution in [0.15, 0.2) is 42.5 Å². The highest BCUT2D eigenvalue weighted by atomic mass is 31.2. The van der Waals surface area contributed by atoms with Gasteiger partial charge in [0.15, 0.2) is 5.40 Å². The first-order chi connectivity index (χ1) is 17.9. The van der Waals surface area contributed by atoms with Crippen molar-refractivity contribution in [3.63, 3.8) is 0 Å². The van der Waals surface area contributed by atoms with Crippen LogP contribution in [0.3, 0.4) is 0 Å². The van der Waals surface area contributed by atoms with Crippen molar-refractivity contribution in [2.24, 2.45) is 0 Å². The van der Waals surface area contributed by atoms with E-state index >= 15 is 0 Å². The fraction of sp³-hybridized carbons (Fsp3) is 0.633. The molecule has 0 spiro atoms. The van der Waals surface area contributed by atoms with E-state index in [4.69, 9.17) is 23.1 Å². The van der Waals surface area contributed by atoms with E-state index < -0.39 is 45.0 Å². The molecule has 0 aliphatic carbocycles. The Balaban J connectivity index is 2.74. The van der Waals surface area contributed by atoms with Crippen molar-refractivity contribution in [1.29, 1.82) is 0 Å². The van der Waals surface area contributed by atoms with E-state index in [0.29, 0.717) is 6.42 Å². The smallest absolute Gasteiger partial charge is 0.305 e. The lowest BCUT2D eigenvalue weighted by molar-refractivity contribution is 0.122. The van der Waals surface area contributed by atoms with Gasteiger partial charge in [0.2, 0.25) is 0 Å². The van der Waals surface area contributed by atoms with Crippen molar-refractivity contribution >= 4 is 15.2 Å². The molecule has 0 radical (unpaired) electrons. The van der Waals surface area contributed by atoms with Crippen molar-refractivity contribution in [1.82, 2.24) is 4.98 Å². The molecule has 0 saturated heterocycles. The van der Waals surface area contributed by atoms with E-state index in [1.807, 2.05) is 30.3 Å². The van der Waals surface area contributed by atoms with E-state index in [9.17, 15) is 9.13 Å². The number of hydrogen-bond acceptors (Lipinski definition) is 7. The second kappa shape index (κ2) is 14.0.